The summed E-state index contributed by atoms with van der Waals surface area (Å²) in [5.41, 5.74) is 6.00. The summed E-state index contributed by atoms with van der Waals surface area (Å²) >= 11 is 0. The van der Waals surface area contributed by atoms with Crippen LogP contribution in [0.5, 0.6) is 0 Å². The van der Waals surface area contributed by atoms with Crippen molar-refractivity contribution in [3.05, 3.63) is 51.0 Å². The number of hydrogen-bond acceptors (Lipinski definition) is 10. The van der Waals surface area contributed by atoms with Gasteiger partial charge in [0.1, 0.15) is 12.1 Å². The Labute approximate surface area is 223 Å². The number of hydrogen-bond donors (Lipinski definition) is 1. The first-order chi connectivity index (χ1) is 18.4. The second-order valence-electron chi connectivity index (χ2n) is 10.5. The van der Waals surface area contributed by atoms with Gasteiger partial charge >= 0.3 is 11.8 Å². The predicted octanol–water partition coefficient (Wildman–Crippen LogP) is 1.17. The first kappa shape index (κ1) is 26.0. The third kappa shape index (κ3) is 4.96. The molecule has 0 radical (unpaired) electrons. The molecule has 1 fully saturated rings. The van der Waals surface area contributed by atoms with Crippen molar-refractivity contribution in [3.63, 3.8) is 0 Å². The summed E-state index contributed by atoms with van der Waals surface area (Å²) in [6, 6.07) is 7.03. The van der Waals surface area contributed by atoms with Crippen LogP contribution in [0.15, 0.2) is 38.3 Å². The number of nitrogens with two attached hydrogens (primary N) is 1. The highest BCUT2D eigenvalue weighted by atomic mass is 16.6. The molecule has 0 bridgehead atoms. The van der Waals surface area contributed by atoms with Gasteiger partial charge in [-0.05, 0) is 45.0 Å². The summed E-state index contributed by atoms with van der Waals surface area (Å²) in [5.74, 6) is 1.02. The van der Waals surface area contributed by atoms with E-state index >= 15 is 0 Å². The van der Waals surface area contributed by atoms with Gasteiger partial charge in [0.2, 0.25) is 17.7 Å². The van der Waals surface area contributed by atoms with E-state index < -0.39 is 16.9 Å². The molecule has 14 nitrogen and oxygen atoms in total. The Kier molecular flexibility index (Phi) is 6.40. The lowest BCUT2D eigenvalue weighted by Gasteiger charge is -2.36. The van der Waals surface area contributed by atoms with Crippen LogP contribution in [0, 0.1) is 0 Å². The van der Waals surface area contributed by atoms with E-state index in [1.54, 1.807) is 40.8 Å². The Morgan fingerprint density at radius 2 is 1.69 bits per heavy atom. The molecule has 5 rings (SSSR count). The molecular weight excluding hydrogens is 506 g/mol. The molecule has 206 valence electrons. The van der Waals surface area contributed by atoms with Crippen LogP contribution < -0.4 is 21.9 Å². The maximum Gasteiger partial charge on any atom is 0.410 e. The number of nitrogen functional groups attached to an aromatic ring is 1. The molecule has 4 aromatic rings. The van der Waals surface area contributed by atoms with Gasteiger partial charge in [0.05, 0.1) is 0 Å². The zero-order chi connectivity index (χ0) is 28.1. The Morgan fingerprint density at radius 3 is 2.33 bits per heavy atom. The zero-order valence-electron chi connectivity index (χ0n) is 22.5. The fourth-order valence-electron chi connectivity index (χ4n) is 4.44. The van der Waals surface area contributed by atoms with Gasteiger partial charge in [-0.2, -0.15) is 4.98 Å². The number of rotatable bonds is 4. The van der Waals surface area contributed by atoms with Gasteiger partial charge < -0.3 is 24.7 Å². The average Bonchev–Trinajstić information content (AvgIpc) is 3.51. The van der Waals surface area contributed by atoms with Gasteiger partial charge in [0.15, 0.2) is 11.2 Å². The highest BCUT2D eigenvalue weighted by molar-refractivity contribution is 5.75. The lowest BCUT2D eigenvalue weighted by atomic mass is 10.2. The molecule has 1 aromatic carbocycles. The summed E-state index contributed by atoms with van der Waals surface area (Å²) in [6.45, 7) is 7.20. The molecule has 4 heterocycles. The Morgan fingerprint density at radius 1 is 1.03 bits per heavy atom. The second-order valence-corrected chi connectivity index (χ2v) is 10.5. The topological polar surface area (TPSA) is 160 Å². The van der Waals surface area contributed by atoms with Crippen molar-refractivity contribution in [1.82, 2.24) is 33.8 Å². The highest BCUT2D eigenvalue weighted by Crippen LogP contribution is 2.25. The summed E-state index contributed by atoms with van der Waals surface area (Å²) in [5, 5.41) is 8.33. The second kappa shape index (κ2) is 9.60. The normalized spacial score (nSPS) is 14.3. The van der Waals surface area contributed by atoms with Crippen LogP contribution in [-0.4, -0.2) is 71.7 Å². The number of aromatic nitrogens is 6. The molecule has 1 aliphatic heterocycles. The molecule has 0 saturated carbocycles. The van der Waals surface area contributed by atoms with E-state index in [1.165, 1.54) is 11.6 Å². The van der Waals surface area contributed by atoms with Crippen molar-refractivity contribution < 1.29 is 13.9 Å². The lowest BCUT2D eigenvalue weighted by molar-refractivity contribution is 0.0240. The number of ether oxygens (including phenoxy) is 1. The number of carbonyl (C=O) groups is 1. The van der Waals surface area contributed by atoms with Crippen LogP contribution in [0.2, 0.25) is 0 Å². The minimum Gasteiger partial charge on any atom is -0.444 e. The minimum atomic E-state index is -0.595. The molecule has 0 aliphatic carbocycles. The molecule has 1 aliphatic rings. The molecule has 0 atom stereocenters. The predicted molar refractivity (Wildman–Crippen MR) is 143 cm³/mol. The minimum absolute atomic E-state index is 0.0491. The molecule has 2 N–H and O–H groups in total. The molecule has 1 saturated heterocycles. The molecule has 14 heteroatoms. The Balaban J connectivity index is 1.50. The van der Waals surface area contributed by atoms with Crippen molar-refractivity contribution in [2.24, 2.45) is 14.1 Å². The summed E-state index contributed by atoms with van der Waals surface area (Å²) in [4.78, 5) is 46.7. The molecule has 39 heavy (non-hydrogen) atoms. The number of aryl methyl sites for hydroxylation is 1. The smallest absolute Gasteiger partial charge is 0.410 e. The molecule has 0 spiro atoms. The van der Waals surface area contributed by atoms with Crippen LogP contribution in [0.25, 0.3) is 22.6 Å². The third-order valence-corrected chi connectivity index (χ3v) is 6.46. The van der Waals surface area contributed by atoms with Crippen LogP contribution >= 0.6 is 0 Å². The van der Waals surface area contributed by atoms with Crippen molar-refractivity contribution >= 4 is 28.9 Å². The van der Waals surface area contributed by atoms with Crippen molar-refractivity contribution in [2.45, 2.75) is 32.9 Å². The number of anilines is 2. The summed E-state index contributed by atoms with van der Waals surface area (Å²) < 4.78 is 15.5. The monoisotopic (exact) mass is 537 g/mol. The maximum atomic E-state index is 13.3. The van der Waals surface area contributed by atoms with Crippen molar-refractivity contribution in [2.75, 3.05) is 36.8 Å². The lowest BCUT2D eigenvalue weighted by Crippen LogP contribution is -2.50. The first-order valence-corrected chi connectivity index (χ1v) is 12.5. The fourth-order valence-corrected chi connectivity index (χ4v) is 4.44. The van der Waals surface area contributed by atoms with Gasteiger partial charge in [-0.1, -0.05) is 0 Å². The number of fused-ring (bicyclic) bond motifs is 1. The van der Waals surface area contributed by atoms with E-state index in [2.05, 4.69) is 10.2 Å². The van der Waals surface area contributed by atoms with E-state index in [9.17, 15) is 14.4 Å². The van der Waals surface area contributed by atoms with Crippen LogP contribution in [0.1, 0.15) is 26.7 Å². The van der Waals surface area contributed by atoms with Crippen molar-refractivity contribution in [1.29, 1.82) is 0 Å². The number of carbonyl (C=O) groups excluding carboxylic acids is 1. The summed E-state index contributed by atoms with van der Waals surface area (Å²) in [6.07, 6.45) is -0.382. The van der Waals surface area contributed by atoms with Gasteiger partial charge in [-0.3, -0.25) is 18.5 Å². The zero-order valence-corrected chi connectivity index (χ0v) is 22.5. The quantitative estimate of drug-likeness (QED) is 0.374. The Bertz CT molecular complexity index is 1650. The van der Waals surface area contributed by atoms with Gasteiger partial charge in [0, 0.05) is 51.5 Å². The van der Waals surface area contributed by atoms with E-state index in [4.69, 9.17) is 19.9 Å². The summed E-state index contributed by atoms with van der Waals surface area (Å²) in [7, 11) is 2.99. The molecule has 3 aromatic heterocycles. The van der Waals surface area contributed by atoms with Crippen LogP contribution in [-0.2, 0) is 25.4 Å². The van der Waals surface area contributed by atoms with Gasteiger partial charge in [-0.15, -0.1) is 10.2 Å². The average molecular weight is 538 g/mol. The fraction of sp³-hybridized carbons (Fsp3) is 0.440. The molecular formula is C25H31N9O5. The standard InChI is InChI=1S/C25H31N9O5/c1-25(2,3)39-24(37)33-12-10-32(11-13-33)22-27-19-18(21(35)31(5)23(36)30(19)4)34(22)14-17-28-29-20(38-17)15-6-8-16(26)9-7-15/h6-9H,10-14,26H2,1-5H3. The van der Waals surface area contributed by atoms with Gasteiger partial charge in [0.25, 0.3) is 5.56 Å². The number of amides is 1. The van der Waals surface area contributed by atoms with Crippen molar-refractivity contribution in [3.8, 4) is 11.5 Å². The molecule has 0 unspecified atom stereocenters. The number of nitrogens with zero attached hydrogens (tertiary/aromatic N) is 8. The number of imidazole rings is 1. The SMILES string of the molecule is Cn1c(=O)c2c(nc(N3CCN(C(=O)OC(C)(C)C)CC3)n2Cc2nnc(-c3ccc(N)cc3)o2)n(C)c1=O. The number of piperazine rings is 1. The van der Waals surface area contributed by atoms with Crippen LogP contribution in [0.3, 0.4) is 0 Å². The maximum absolute atomic E-state index is 13.3. The van der Waals surface area contributed by atoms with Gasteiger partial charge in [-0.25, -0.2) is 9.59 Å². The van der Waals surface area contributed by atoms with E-state index in [-0.39, 0.29) is 29.7 Å². The molecule has 1 amide bonds. The Hall–Kier alpha value is -4.62. The van der Waals surface area contributed by atoms with E-state index in [0.29, 0.717) is 49.3 Å². The van der Waals surface area contributed by atoms with E-state index in [0.717, 1.165) is 4.57 Å². The van der Waals surface area contributed by atoms with E-state index in [1.807, 2.05) is 25.7 Å². The highest BCUT2D eigenvalue weighted by Gasteiger charge is 2.30. The largest absolute Gasteiger partial charge is 0.444 e. The first-order valence-electron chi connectivity index (χ1n) is 12.5. The number of benzene rings is 1. The van der Waals surface area contributed by atoms with Crippen LogP contribution in [0.4, 0.5) is 16.4 Å². The third-order valence-electron chi connectivity index (χ3n) is 6.46.